The summed E-state index contributed by atoms with van der Waals surface area (Å²) < 4.78 is 17.5. The Labute approximate surface area is 254 Å². The van der Waals surface area contributed by atoms with Crippen LogP contribution in [0, 0.1) is 5.92 Å². The fraction of sp³-hybridized carbons (Fsp3) is 0.417. The molecule has 1 amide bonds. The van der Waals surface area contributed by atoms with Crippen molar-refractivity contribution >= 4 is 17.8 Å². The quantitative estimate of drug-likeness (QED) is 0.234. The highest BCUT2D eigenvalue weighted by molar-refractivity contribution is 5.90. The maximum absolute atomic E-state index is 14.2. The van der Waals surface area contributed by atoms with E-state index in [2.05, 4.69) is 0 Å². The largest absolute Gasteiger partial charge is 0.480 e. The monoisotopic (exact) mass is 583 g/mol. The number of methoxy groups -OCH3 is 1. The Balaban J connectivity index is 1.37. The zero-order valence-corrected chi connectivity index (χ0v) is 24.9. The van der Waals surface area contributed by atoms with Crippen LogP contribution in [0.1, 0.15) is 79.0 Å². The normalized spacial score (nSPS) is 18.4. The number of ether oxygens (including phenoxy) is 3. The average Bonchev–Trinajstić information content (AvgIpc) is 3.60. The van der Waals surface area contributed by atoms with Gasteiger partial charge in [0.2, 0.25) is 0 Å². The molecule has 5 rings (SSSR count). The van der Waals surface area contributed by atoms with Crippen LogP contribution in [0.5, 0.6) is 5.75 Å². The van der Waals surface area contributed by atoms with Gasteiger partial charge in [0.15, 0.2) is 6.10 Å². The Hall–Kier alpha value is -4.13. The van der Waals surface area contributed by atoms with Gasteiger partial charge in [-0.3, -0.25) is 4.79 Å². The molecule has 1 saturated heterocycles. The number of benzene rings is 3. The van der Waals surface area contributed by atoms with Gasteiger partial charge >= 0.3 is 11.9 Å². The Kier molecular flexibility index (Phi) is 10.5. The molecular weight excluding hydrogens is 542 g/mol. The smallest absolute Gasteiger partial charge is 0.337 e. The summed E-state index contributed by atoms with van der Waals surface area (Å²) in [5.41, 5.74) is 2.24. The second-order valence-corrected chi connectivity index (χ2v) is 11.5. The molecule has 1 aliphatic heterocycles. The lowest BCUT2D eigenvalue weighted by molar-refractivity contribution is -0.165. The van der Waals surface area contributed by atoms with Crippen LogP contribution in [-0.4, -0.2) is 48.5 Å². The first-order chi connectivity index (χ1) is 21.0. The first kappa shape index (κ1) is 30.3. The van der Waals surface area contributed by atoms with Crippen LogP contribution in [0.2, 0.25) is 0 Å². The van der Waals surface area contributed by atoms with Crippen molar-refractivity contribution in [3.05, 3.63) is 102 Å². The summed E-state index contributed by atoms with van der Waals surface area (Å²) in [6.07, 6.45) is 6.21. The molecule has 7 heteroatoms. The molecule has 3 aromatic carbocycles. The number of para-hydroxylation sites is 1. The van der Waals surface area contributed by atoms with Gasteiger partial charge in [0.05, 0.1) is 12.7 Å². The van der Waals surface area contributed by atoms with Crippen LogP contribution in [0.4, 0.5) is 0 Å². The average molecular weight is 584 g/mol. The van der Waals surface area contributed by atoms with E-state index in [1.165, 1.54) is 7.11 Å². The summed E-state index contributed by atoms with van der Waals surface area (Å²) in [6.45, 7) is 0.493. The molecule has 3 unspecified atom stereocenters. The second kappa shape index (κ2) is 14.9. The lowest BCUT2D eigenvalue weighted by Crippen LogP contribution is -2.54. The van der Waals surface area contributed by atoms with Crippen molar-refractivity contribution in [2.45, 2.75) is 76.0 Å². The minimum Gasteiger partial charge on any atom is -0.480 e. The van der Waals surface area contributed by atoms with Crippen molar-refractivity contribution in [3.8, 4) is 5.75 Å². The number of hydrogen-bond donors (Lipinski definition) is 0. The highest BCUT2D eigenvalue weighted by Crippen LogP contribution is 2.33. The summed E-state index contributed by atoms with van der Waals surface area (Å²) in [5, 5.41) is 0. The van der Waals surface area contributed by atoms with E-state index in [9.17, 15) is 14.4 Å². The Morgan fingerprint density at radius 2 is 1.53 bits per heavy atom. The SMILES string of the molecule is COC(=O)c1cccc(C(CCc2ccccc2)OC(=O)C2CCCCN2C(=O)C(Oc2ccccc2)C2CCCC2)c1. The van der Waals surface area contributed by atoms with Gasteiger partial charge in [-0.1, -0.05) is 73.5 Å². The second-order valence-electron chi connectivity index (χ2n) is 11.5. The van der Waals surface area contributed by atoms with Gasteiger partial charge in [0.25, 0.3) is 5.91 Å². The predicted octanol–water partition coefficient (Wildman–Crippen LogP) is 6.71. The van der Waals surface area contributed by atoms with Crippen LogP contribution in [0.3, 0.4) is 0 Å². The van der Waals surface area contributed by atoms with Crippen molar-refractivity contribution in [1.82, 2.24) is 4.90 Å². The molecule has 3 aromatic rings. The van der Waals surface area contributed by atoms with E-state index in [0.29, 0.717) is 37.1 Å². The third-order valence-electron chi connectivity index (χ3n) is 8.61. The topological polar surface area (TPSA) is 82.1 Å². The number of carbonyl (C=O) groups excluding carboxylic acids is 3. The Morgan fingerprint density at radius 3 is 2.26 bits per heavy atom. The lowest BCUT2D eigenvalue weighted by atomic mass is 9.95. The number of hydrogen-bond acceptors (Lipinski definition) is 6. The fourth-order valence-electron chi connectivity index (χ4n) is 6.30. The third kappa shape index (κ3) is 7.83. The number of amides is 1. The van der Waals surface area contributed by atoms with Crippen LogP contribution >= 0.6 is 0 Å². The van der Waals surface area contributed by atoms with Crippen LogP contribution < -0.4 is 4.74 Å². The maximum Gasteiger partial charge on any atom is 0.337 e. The van der Waals surface area contributed by atoms with Crippen LogP contribution in [0.25, 0.3) is 0 Å². The zero-order chi connectivity index (χ0) is 30.0. The first-order valence-electron chi connectivity index (χ1n) is 15.5. The van der Waals surface area contributed by atoms with E-state index in [0.717, 1.165) is 49.7 Å². The maximum atomic E-state index is 14.2. The highest BCUT2D eigenvalue weighted by atomic mass is 16.5. The number of likely N-dealkylation sites (tertiary alicyclic amines) is 1. The molecule has 0 spiro atoms. The molecule has 3 atom stereocenters. The summed E-state index contributed by atoms with van der Waals surface area (Å²) >= 11 is 0. The number of nitrogens with zero attached hydrogens (tertiary/aromatic N) is 1. The molecule has 1 heterocycles. The molecule has 0 radical (unpaired) electrons. The number of aryl methyl sites for hydroxylation is 1. The van der Waals surface area contributed by atoms with Gasteiger partial charge < -0.3 is 19.1 Å². The Bertz CT molecular complexity index is 1350. The fourth-order valence-corrected chi connectivity index (χ4v) is 6.30. The van der Waals surface area contributed by atoms with Gasteiger partial charge in [-0.25, -0.2) is 9.59 Å². The van der Waals surface area contributed by atoms with Crippen molar-refractivity contribution in [2.24, 2.45) is 5.92 Å². The first-order valence-corrected chi connectivity index (χ1v) is 15.5. The van der Waals surface area contributed by atoms with Crippen molar-refractivity contribution in [2.75, 3.05) is 13.7 Å². The molecule has 7 nitrogen and oxygen atoms in total. The third-order valence-corrected chi connectivity index (χ3v) is 8.61. The summed E-state index contributed by atoms with van der Waals surface area (Å²) in [5.74, 6) is -0.220. The lowest BCUT2D eigenvalue weighted by Gasteiger charge is -2.38. The number of esters is 2. The van der Waals surface area contributed by atoms with Crippen LogP contribution in [-0.2, 0) is 25.5 Å². The summed E-state index contributed by atoms with van der Waals surface area (Å²) in [4.78, 5) is 42.1. The van der Waals surface area contributed by atoms with E-state index in [1.807, 2.05) is 66.7 Å². The number of carbonyl (C=O) groups is 3. The molecule has 43 heavy (non-hydrogen) atoms. The summed E-state index contributed by atoms with van der Waals surface area (Å²) in [6, 6.07) is 25.8. The van der Waals surface area contributed by atoms with Gasteiger partial charge in [0, 0.05) is 12.5 Å². The van der Waals surface area contributed by atoms with Gasteiger partial charge in [-0.05, 0) is 80.3 Å². The summed E-state index contributed by atoms with van der Waals surface area (Å²) in [7, 11) is 1.34. The highest BCUT2D eigenvalue weighted by Gasteiger charge is 2.41. The van der Waals surface area contributed by atoms with Crippen molar-refractivity contribution in [3.63, 3.8) is 0 Å². The minimum atomic E-state index is -0.687. The number of rotatable bonds is 11. The van der Waals surface area contributed by atoms with Gasteiger partial charge in [0.1, 0.15) is 17.9 Å². The van der Waals surface area contributed by atoms with Crippen LogP contribution in [0.15, 0.2) is 84.9 Å². The Morgan fingerprint density at radius 1 is 0.837 bits per heavy atom. The van der Waals surface area contributed by atoms with Crippen molar-refractivity contribution < 1.29 is 28.6 Å². The number of piperidine rings is 1. The zero-order valence-electron chi connectivity index (χ0n) is 24.9. The van der Waals surface area contributed by atoms with Gasteiger partial charge in [-0.15, -0.1) is 0 Å². The van der Waals surface area contributed by atoms with Crippen molar-refractivity contribution in [1.29, 1.82) is 0 Å². The molecule has 1 saturated carbocycles. The molecule has 0 bridgehead atoms. The van der Waals surface area contributed by atoms with E-state index in [-0.39, 0.29) is 11.8 Å². The molecule has 0 N–H and O–H groups in total. The van der Waals surface area contributed by atoms with E-state index < -0.39 is 30.2 Å². The minimum absolute atomic E-state index is 0.117. The van der Waals surface area contributed by atoms with E-state index >= 15 is 0 Å². The molecule has 2 aliphatic rings. The van der Waals surface area contributed by atoms with E-state index in [1.54, 1.807) is 23.1 Å². The van der Waals surface area contributed by atoms with Gasteiger partial charge in [-0.2, -0.15) is 0 Å². The molecule has 1 aliphatic carbocycles. The molecule has 0 aromatic heterocycles. The van der Waals surface area contributed by atoms with E-state index in [4.69, 9.17) is 14.2 Å². The standard InChI is InChI=1S/C36H41NO6/c1-41-35(39)29-18-12-17-28(25-29)32(23-22-26-13-4-2-5-14-26)43-36(40)31-21-10-11-24-37(31)34(38)33(27-15-8-9-16-27)42-30-19-6-3-7-20-30/h2-7,12-14,17-20,25,27,31-33H,8-11,15-16,21-24H2,1H3. The predicted molar refractivity (Wildman–Crippen MR) is 164 cm³/mol. The molecule has 2 fully saturated rings. The molecular formula is C36H41NO6. The molecule has 226 valence electrons.